The fourth-order valence-electron chi connectivity index (χ4n) is 2.10. The summed E-state index contributed by atoms with van der Waals surface area (Å²) in [5, 5.41) is 10.3. The van der Waals surface area contributed by atoms with Crippen molar-refractivity contribution in [1.29, 1.82) is 0 Å². The van der Waals surface area contributed by atoms with Crippen LogP contribution in [-0.4, -0.2) is 16.1 Å². The number of aryl methyl sites for hydroxylation is 1. The molecule has 4 heteroatoms. The maximum Gasteiger partial charge on any atom is 0.328 e. The Bertz CT molecular complexity index is 705. The highest BCUT2D eigenvalue weighted by molar-refractivity contribution is 6.31. The van der Waals surface area contributed by atoms with E-state index in [0.29, 0.717) is 5.02 Å². The van der Waals surface area contributed by atoms with Crippen LogP contribution in [0.15, 0.2) is 24.3 Å². The zero-order valence-electron chi connectivity index (χ0n) is 11.6. The highest BCUT2D eigenvalue weighted by atomic mass is 35.5. The molecule has 0 spiro atoms. The Kier molecular flexibility index (Phi) is 4.09. The van der Waals surface area contributed by atoms with Crippen LogP contribution in [0.2, 0.25) is 5.02 Å². The monoisotopic (exact) mass is 289 g/mol. The van der Waals surface area contributed by atoms with Crippen molar-refractivity contribution in [2.45, 2.75) is 26.7 Å². The lowest BCUT2D eigenvalue weighted by Crippen LogP contribution is -1.97. The van der Waals surface area contributed by atoms with Crippen LogP contribution in [0.5, 0.6) is 0 Å². The molecule has 0 amide bonds. The summed E-state index contributed by atoms with van der Waals surface area (Å²) in [5.41, 5.74) is 3.62. The number of aliphatic carboxylic acids is 1. The Morgan fingerprint density at radius 1 is 1.35 bits per heavy atom. The molecule has 0 aliphatic rings. The lowest BCUT2D eigenvalue weighted by molar-refractivity contribution is -0.131. The smallest absolute Gasteiger partial charge is 0.328 e. The first kappa shape index (κ1) is 14.5. The summed E-state index contributed by atoms with van der Waals surface area (Å²) in [7, 11) is 0. The summed E-state index contributed by atoms with van der Waals surface area (Å²) >= 11 is 6.09. The van der Waals surface area contributed by atoms with Gasteiger partial charge in [0.05, 0.1) is 5.52 Å². The topological polar surface area (TPSA) is 50.2 Å². The number of fused-ring (bicyclic) bond motifs is 1. The molecular formula is C16H16ClNO2. The van der Waals surface area contributed by atoms with Crippen LogP contribution in [0.3, 0.4) is 0 Å². The Hall–Kier alpha value is -1.87. The van der Waals surface area contributed by atoms with E-state index in [0.717, 1.165) is 33.8 Å². The molecule has 2 rings (SSSR count). The normalized spacial score (nSPS) is 11.7. The fraction of sp³-hybridized carbons (Fsp3) is 0.250. The SMILES string of the molecule is Cc1cc(Cl)cc2c(/C=C/C(=O)O)cc(C(C)C)nc12. The van der Waals surface area contributed by atoms with Gasteiger partial charge >= 0.3 is 5.97 Å². The van der Waals surface area contributed by atoms with Gasteiger partial charge in [-0.25, -0.2) is 4.79 Å². The molecule has 20 heavy (non-hydrogen) atoms. The predicted octanol–water partition coefficient (Wildman–Crippen LogP) is 4.42. The molecule has 104 valence electrons. The van der Waals surface area contributed by atoms with Crippen molar-refractivity contribution >= 4 is 34.5 Å². The molecule has 0 atom stereocenters. The average Bonchev–Trinajstić information content (AvgIpc) is 2.35. The molecule has 0 bridgehead atoms. The molecular weight excluding hydrogens is 274 g/mol. The van der Waals surface area contributed by atoms with Gasteiger partial charge in [-0.1, -0.05) is 25.4 Å². The van der Waals surface area contributed by atoms with E-state index in [1.807, 2.05) is 25.1 Å². The molecule has 0 aliphatic carbocycles. The van der Waals surface area contributed by atoms with Crippen molar-refractivity contribution in [3.05, 3.63) is 46.1 Å². The van der Waals surface area contributed by atoms with Crippen molar-refractivity contribution in [3.63, 3.8) is 0 Å². The van der Waals surface area contributed by atoms with Crippen molar-refractivity contribution in [2.75, 3.05) is 0 Å². The van der Waals surface area contributed by atoms with E-state index in [4.69, 9.17) is 16.7 Å². The number of hydrogen-bond donors (Lipinski definition) is 1. The number of rotatable bonds is 3. The molecule has 1 aromatic carbocycles. The van der Waals surface area contributed by atoms with Gasteiger partial charge in [-0.3, -0.25) is 4.98 Å². The lowest BCUT2D eigenvalue weighted by Gasteiger charge is -2.11. The van der Waals surface area contributed by atoms with Gasteiger partial charge in [0.15, 0.2) is 0 Å². The van der Waals surface area contributed by atoms with Gasteiger partial charge in [0.1, 0.15) is 0 Å². The summed E-state index contributed by atoms with van der Waals surface area (Å²) in [5.74, 6) is -0.703. The summed E-state index contributed by atoms with van der Waals surface area (Å²) < 4.78 is 0. The van der Waals surface area contributed by atoms with Crippen molar-refractivity contribution in [3.8, 4) is 0 Å². The van der Waals surface area contributed by atoms with Gasteiger partial charge in [-0.15, -0.1) is 0 Å². The minimum absolute atomic E-state index is 0.270. The van der Waals surface area contributed by atoms with Crippen LogP contribution in [0, 0.1) is 6.92 Å². The highest BCUT2D eigenvalue weighted by Crippen LogP contribution is 2.28. The molecule has 1 aromatic heterocycles. The van der Waals surface area contributed by atoms with E-state index in [2.05, 4.69) is 18.8 Å². The second kappa shape index (κ2) is 5.63. The van der Waals surface area contributed by atoms with E-state index in [-0.39, 0.29) is 5.92 Å². The fourth-order valence-corrected chi connectivity index (χ4v) is 2.37. The van der Waals surface area contributed by atoms with Crippen molar-refractivity contribution < 1.29 is 9.90 Å². The molecule has 0 fully saturated rings. The molecule has 0 radical (unpaired) electrons. The van der Waals surface area contributed by atoms with Gasteiger partial charge in [-0.05, 0) is 48.2 Å². The largest absolute Gasteiger partial charge is 0.478 e. The van der Waals surface area contributed by atoms with Crippen LogP contribution in [-0.2, 0) is 4.79 Å². The Morgan fingerprint density at radius 2 is 2.05 bits per heavy atom. The minimum Gasteiger partial charge on any atom is -0.478 e. The lowest BCUT2D eigenvalue weighted by atomic mass is 10.0. The number of aromatic nitrogens is 1. The number of carbonyl (C=O) groups is 1. The standard InChI is InChI=1S/C16H16ClNO2/c1-9(2)14-7-11(4-5-15(19)20)13-8-12(17)6-10(3)16(13)18-14/h4-9H,1-3H3,(H,19,20)/b5-4+. The predicted molar refractivity (Wildman–Crippen MR) is 82.2 cm³/mol. The van der Waals surface area contributed by atoms with Crippen LogP contribution in [0.1, 0.15) is 36.6 Å². The van der Waals surface area contributed by atoms with E-state index in [1.165, 1.54) is 0 Å². The molecule has 0 unspecified atom stereocenters. The van der Waals surface area contributed by atoms with Crippen molar-refractivity contribution in [2.24, 2.45) is 0 Å². The average molecular weight is 290 g/mol. The van der Waals surface area contributed by atoms with Crippen LogP contribution in [0.25, 0.3) is 17.0 Å². The van der Waals surface area contributed by atoms with E-state index in [9.17, 15) is 4.79 Å². The van der Waals surface area contributed by atoms with Gasteiger partial charge in [-0.2, -0.15) is 0 Å². The van der Waals surface area contributed by atoms with Crippen molar-refractivity contribution in [1.82, 2.24) is 4.98 Å². The second-order valence-corrected chi connectivity index (χ2v) is 5.52. The number of benzene rings is 1. The first-order chi connectivity index (χ1) is 9.38. The molecule has 1 N–H and O–H groups in total. The number of pyridine rings is 1. The zero-order chi connectivity index (χ0) is 14.9. The summed E-state index contributed by atoms with van der Waals surface area (Å²) in [6.07, 6.45) is 2.73. The number of hydrogen-bond acceptors (Lipinski definition) is 2. The summed E-state index contributed by atoms with van der Waals surface area (Å²) in [4.78, 5) is 15.4. The third kappa shape index (κ3) is 2.99. The van der Waals surface area contributed by atoms with Gasteiger partial charge < -0.3 is 5.11 Å². The molecule has 0 saturated carbocycles. The first-order valence-electron chi connectivity index (χ1n) is 6.40. The highest BCUT2D eigenvalue weighted by Gasteiger charge is 2.10. The Balaban J connectivity index is 2.77. The number of carboxylic acids is 1. The molecule has 2 aromatic rings. The second-order valence-electron chi connectivity index (χ2n) is 5.08. The Labute approximate surface area is 122 Å². The van der Waals surface area contributed by atoms with Gasteiger partial charge in [0.25, 0.3) is 0 Å². The summed E-state index contributed by atoms with van der Waals surface area (Å²) in [6, 6.07) is 5.61. The Morgan fingerprint density at radius 3 is 2.65 bits per heavy atom. The minimum atomic E-state index is -0.972. The molecule has 0 saturated heterocycles. The summed E-state index contributed by atoms with van der Waals surface area (Å²) in [6.45, 7) is 6.07. The number of halogens is 1. The van der Waals surface area contributed by atoms with Gasteiger partial charge in [0.2, 0.25) is 0 Å². The number of nitrogens with zero attached hydrogens (tertiary/aromatic N) is 1. The number of carboxylic acid groups (broad SMARTS) is 1. The van der Waals surface area contributed by atoms with E-state index < -0.39 is 5.97 Å². The third-order valence-corrected chi connectivity index (χ3v) is 3.34. The van der Waals surface area contributed by atoms with Crippen LogP contribution < -0.4 is 0 Å². The molecule has 0 aliphatic heterocycles. The van der Waals surface area contributed by atoms with E-state index >= 15 is 0 Å². The van der Waals surface area contributed by atoms with Gasteiger partial charge in [0, 0.05) is 22.2 Å². The maximum absolute atomic E-state index is 10.7. The van der Waals surface area contributed by atoms with Crippen LogP contribution >= 0.6 is 11.6 Å². The quantitative estimate of drug-likeness (QED) is 0.851. The molecule has 1 heterocycles. The maximum atomic E-state index is 10.7. The zero-order valence-corrected chi connectivity index (χ0v) is 12.4. The molecule has 3 nitrogen and oxygen atoms in total. The third-order valence-electron chi connectivity index (χ3n) is 3.12. The van der Waals surface area contributed by atoms with E-state index in [1.54, 1.807) is 6.08 Å². The first-order valence-corrected chi connectivity index (χ1v) is 6.78. The van der Waals surface area contributed by atoms with Crippen LogP contribution in [0.4, 0.5) is 0 Å².